The lowest BCUT2D eigenvalue weighted by atomic mass is 10.1. The summed E-state index contributed by atoms with van der Waals surface area (Å²) in [5, 5.41) is 0. The Morgan fingerprint density at radius 1 is 1.11 bits per heavy atom. The third kappa shape index (κ3) is 3.81. The van der Waals surface area contributed by atoms with Crippen LogP contribution in [-0.2, 0) is 4.74 Å². The number of carbonyl (C=O) groups is 2. The molecule has 0 amide bonds. The highest BCUT2D eigenvalue weighted by molar-refractivity contribution is 6.03. The maximum absolute atomic E-state index is 13.7. The molecule has 2 aromatic rings. The summed E-state index contributed by atoms with van der Waals surface area (Å²) in [6.45, 7) is 5.94. The lowest BCUT2D eigenvalue weighted by molar-refractivity contribution is 0.0525. The number of hydrogen-bond donors (Lipinski definition) is 1. The Balaban J connectivity index is 2.35. The van der Waals surface area contributed by atoms with E-state index < -0.39 is 46.9 Å². The van der Waals surface area contributed by atoms with Gasteiger partial charge in [-0.2, -0.15) is 8.78 Å². The average Bonchev–Trinajstić information content (AvgIpc) is 2.90. The Labute approximate surface area is 152 Å². The third-order valence-electron chi connectivity index (χ3n) is 3.90. The fraction of sp³-hybridized carbons (Fsp3) is 0.333. The van der Waals surface area contributed by atoms with Gasteiger partial charge in [0.05, 0.1) is 17.9 Å². The largest absolute Gasteiger partial charge is 0.476 e. The summed E-state index contributed by atoms with van der Waals surface area (Å²) in [5.41, 5.74) is 0.732. The number of aromatic nitrogens is 1. The molecule has 0 radical (unpaired) electrons. The molecule has 0 saturated heterocycles. The van der Waals surface area contributed by atoms with Crippen LogP contribution in [0.2, 0.25) is 0 Å². The molecule has 0 aliphatic rings. The van der Waals surface area contributed by atoms with Crippen molar-refractivity contribution in [2.24, 2.45) is 0 Å². The van der Waals surface area contributed by atoms with E-state index in [1.54, 1.807) is 13.8 Å². The molecule has 1 heterocycles. The molecule has 5 nitrogen and oxygen atoms in total. The SMILES string of the molecule is CCOC(=O)c1c(C)[nH]c(C(=O)[C@@H](C)Oc2c(F)c(F)cc(F)c2F)c1C. The first-order valence-corrected chi connectivity index (χ1v) is 8.00. The monoisotopic (exact) mass is 387 g/mol. The molecule has 0 saturated carbocycles. The number of hydrogen-bond acceptors (Lipinski definition) is 4. The van der Waals surface area contributed by atoms with Gasteiger partial charge in [-0.1, -0.05) is 0 Å². The molecule has 0 bridgehead atoms. The van der Waals surface area contributed by atoms with Crippen LogP contribution in [0.25, 0.3) is 0 Å². The Kier molecular flexibility index (Phi) is 5.92. The van der Waals surface area contributed by atoms with Crippen LogP contribution in [0, 0.1) is 37.1 Å². The van der Waals surface area contributed by atoms with Crippen LogP contribution in [0.3, 0.4) is 0 Å². The smallest absolute Gasteiger partial charge is 0.340 e. The van der Waals surface area contributed by atoms with E-state index in [1.807, 2.05) is 0 Å². The van der Waals surface area contributed by atoms with Crippen LogP contribution in [0.5, 0.6) is 5.75 Å². The molecule has 146 valence electrons. The highest BCUT2D eigenvalue weighted by atomic mass is 19.2. The average molecular weight is 387 g/mol. The predicted octanol–water partition coefficient (Wildman–Crippen LogP) is 4.01. The minimum atomic E-state index is -1.75. The summed E-state index contributed by atoms with van der Waals surface area (Å²) in [5.74, 6) is -9.55. The van der Waals surface area contributed by atoms with E-state index >= 15 is 0 Å². The van der Waals surface area contributed by atoms with Crippen LogP contribution < -0.4 is 4.74 Å². The maximum atomic E-state index is 13.7. The van der Waals surface area contributed by atoms with E-state index in [1.165, 1.54) is 6.92 Å². The van der Waals surface area contributed by atoms with Gasteiger partial charge in [0.25, 0.3) is 0 Å². The van der Waals surface area contributed by atoms with Crippen molar-refractivity contribution >= 4 is 11.8 Å². The fourth-order valence-corrected chi connectivity index (χ4v) is 2.59. The van der Waals surface area contributed by atoms with Crippen molar-refractivity contribution in [2.75, 3.05) is 6.61 Å². The zero-order chi connectivity index (χ0) is 20.5. The summed E-state index contributed by atoms with van der Waals surface area (Å²) >= 11 is 0. The van der Waals surface area contributed by atoms with Crippen molar-refractivity contribution in [2.45, 2.75) is 33.8 Å². The molecule has 0 unspecified atom stereocenters. The first-order valence-electron chi connectivity index (χ1n) is 8.00. The molecule has 9 heteroatoms. The van der Waals surface area contributed by atoms with E-state index in [0.29, 0.717) is 5.69 Å². The van der Waals surface area contributed by atoms with Crippen molar-refractivity contribution in [1.29, 1.82) is 0 Å². The van der Waals surface area contributed by atoms with Crippen molar-refractivity contribution in [1.82, 2.24) is 4.98 Å². The first kappa shape index (κ1) is 20.5. The second-order valence-electron chi connectivity index (χ2n) is 5.77. The van der Waals surface area contributed by atoms with Crippen molar-refractivity contribution in [3.05, 3.63) is 51.9 Å². The minimum absolute atomic E-state index is 0.0358. The molecule has 0 fully saturated rings. The zero-order valence-corrected chi connectivity index (χ0v) is 15.0. The number of aryl methyl sites for hydroxylation is 1. The highest BCUT2D eigenvalue weighted by Gasteiger charge is 2.29. The van der Waals surface area contributed by atoms with E-state index in [4.69, 9.17) is 9.47 Å². The van der Waals surface area contributed by atoms with Crippen LogP contribution >= 0.6 is 0 Å². The quantitative estimate of drug-likeness (QED) is 0.352. The van der Waals surface area contributed by atoms with Crippen molar-refractivity contribution in [3.63, 3.8) is 0 Å². The van der Waals surface area contributed by atoms with Gasteiger partial charge in [0.15, 0.2) is 23.5 Å². The summed E-state index contributed by atoms with van der Waals surface area (Å²) in [4.78, 5) is 27.3. The van der Waals surface area contributed by atoms with Crippen molar-refractivity contribution < 1.29 is 36.6 Å². The summed E-state index contributed by atoms with van der Waals surface area (Å²) in [6, 6.07) is 0.0358. The number of halogens is 4. The van der Waals surface area contributed by atoms with E-state index in [-0.39, 0.29) is 29.5 Å². The molecule has 1 atom stereocenters. The topological polar surface area (TPSA) is 68.4 Å². The third-order valence-corrected chi connectivity index (χ3v) is 3.90. The second-order valence-corrected chi connectivity index (χ2v) is 5.77. The van der Waals surface area contributed by atoms with Gasteiger partial charge < -0.3 is 14.5 Å². The molecule has 27 heavy (non-hydrogen) atoms. The molecule has 2 rings (SSSR count). The van der Waals surface area contributed by atoms with Crippen LogP contribution in [0.4, 0.5) is 17.6 Å². The number of benzene rings is 1. The van der Waals surface area contributed by atoms with Gasteiger partial charge in [-0.05, 0) is 33.3 Å². The molecule has 1 aromatic heterocycles. The Morgan fingerprint density at radius 2 is 1.67 bits per heavy atom. The highest BCUT2D eigenvalue weighted by Crippen LogP contribution is 2.28. The van der Waals surface area contributed by atoms with Gasteiger partial charge >= 0.3 is 5.97 Å². The molecule has 0 aliphatic heterocycles. The second kappa shape index (κ2) is 7.81. The zero-order valence-electron chi connectivity index (χ0n) is 15.0. The van der Waals surface area contributed by atoms with Crippen LogP contribution in [0.15, 0.2) is 6.07 Å². The molecular formula is C18H17F4NO4. The number of rotatable bonds is 6. The molecule has 1 N–H and O–H groups in total. The number of Topliss-reactive ketones (excluding diaryl/α,β-unsaturated/α-hetero) is 1. The van der Waals surface area contributed by atoms with Gasteiger partial charge in [-0.3, -0.25) is 4.79 Å². The van der Waals surface area contributed by atoms with Gasteiger partial charge in [-0.15, -0.1) is 0 Å². The number of H-pyrrole nitrogens is 1. The van der Waals surface area contributed by atoms with Crippen LogP contribution in [0.1, 0.15) is 46.0 Å². The summed E-state index contributed by atoms with van der Waals surface area (Å²) < 4.78 is 63.7. The first-order chi connectivity index (χ1) is 12.6. The fourth-order valence-electron chi connectivity index (χ4n) is 2.59. The normalized spacial score (nSPS) is 12.0. The predicted molar refractivity (Wildman–Crippen MR) is 86.9 cm³/mol. The number of aromatic amines is 1. The molecule has 1 aromatic carbocycles. The minimum Gasteiger partial charge on any atom is -0.476 e. The standard InChI is InChI=1S/C18H17F4NO4/c1-5-26-18(25)12-7(2)15(23-8(12)3)16(24)9(4)27-17-13(21)10(19)6-11(20)14(17)22/h6,9,23H,5H2,1-4H3/t9-/m1/s1. The van der Waals surface area contributed by atoms with Gasteiger partial charge in [0, 0.05) is 11.8 Å². The van der Waals surface area contributed by atoms with Gasteiger partial charge in [0.2, 0.25) is 17.4 Å². The summed E-state index contributed by atoms with van der Waals surface area (Å²) in [7, 11) is 0. The molecule has 0 spiro atoms. The molecule has 0 aliphatic carbocycles. The lowest BCUT2D eigenvalue weighted by Crippen LogP contribution is -2.26. The number of carbonyl (C=O) groups excluding carboxylic acids is 2. The van der Waals surface area contributed by atoms with Gasteiger partial charge in [0.1, 0.15) is 0 Å². The molecular weight excluding hydrogens is 370 g/mol. The maximum Gasteiger partial charge on any atom is 0.340 e. The number of ketones is 1. The lowest BCUT2D eigenvalue weighted by Gasteiger charge is -2.15. The van der Waals surface area contributed by atoms with Crippen molar-refractivity contribution in [3.8, 4) is 5.75 Å². The van der Waals surface area contributed by atoms with E-state index in [0.717, 1.165) is 6.92 Å². The van der Waals surface area contributed by atoms with Gasteiger partial charge in [-0.25, -0.2) is 13.6 Å². The number of nitrogens with one attached hydrogen (secondary N) is 1. The number of esters is 1. The van der Waals surface area contributed by atoms with E-state index in [9.17, 15) is 27.2 Å². The van der Waals surface area contributed by atoms with Crippen LogP contribution in [-0.4, -0.2) is 29.4 Å². The summed E-state index contributed by atoms with van der Waals surface area (Å²) in [6.07, 6.45) is -1.50. The Bertz CT molecular complexity index is 881. The Hall–Kier alpha value is -2.84. The Morgan fingerprint density at radius 3 is 2.19 bits per heavy atom. The van der Waals surface area contributed by atoms with E-state index in [2.05, 4.69) is 4.98 Å². The number of ether oxygens (including phenoxy) is 2.